The van der Waals surface area contributed by atoms with Crippen LogP contribution < -0.4 is 16.0 Å². The highest BCUT2D eigenvalue weighted by Crippen LogP contribution is 2.34. The highest BCUT2D eigenvalue weighted by atomic mass is 19.4. The molecule has 2 atom stereocenters. The van der Waals surface area contributed by atoms with Gasteiger partial charge in [0.25, 0.3) is 0 Å². The molecular weight excluding hydrogens is 407 g/mol. The van der Waals surface area contributed by atoms with E-state index in [9.17, 15) is 22.8 Å². The number of urea groups is 1. The van der Waals surface area contributed by atoms with Crippen LogP contribution in [0.15, 0.2) is 60.8 Å². The van der Waals surface area contributed by atoms with Crippen molar-refractivity contribution in [3.63, 3.8) is 0 Å². The van der Waals surface area contributed by atoms with E-state index in [2.05, 4.69) is 43.3 Å². The van der Waals surface area contributed by atoms with Crippen molar-refractivity contribution in [1.29, 1.82) is 0 Å². The summed E-state index contributed by atoms with van der Waals surface area (Å²) in [6.07, 6.45) is -4.53. The van der Waals surface area contributed by atoms with Crippen LogP contribution in [0.5, 0.6) is 0 Å². The van der Waals surface area contributed by atoms with E-state index in [1.54, 1.807) is 0 Å². The van der Waals surface area contributed by atoms with E-state index in [0.717, 1.165) is 17.7 Å². The Morgan fingerprint density at radius 2 is 1.68 bits per heavy atom. The molecule has 0 aromatic heterocycles. The fourth-order valence-electron chi connectivity index (χ4n) is 3.45. The number of rotatable bonds is 3. The number of alkyl halides is 3. The first-order chi connectivity index (χ1) is 14.4. The van der Waals surface area contributed by atoms with Crippen molar-refractivity contribution >= 4 is 17.6 Å². The quantitative estimate of drug-likeness (QED) is 0.631. The number of halogens is 3. The molecule has 1 heterocycles. The van der Waals surface area contributed by atoms with Gasteiger partial charge in [-0.3, -0.25) is 4.79 Å². The minimum atomic E-state index is -4.53. The molecule has 1 fully saturated rings. The zero-order valence-corrected chi connectivity index (χ0v) is 17.4. The molecule has 0 aliphatic carbocycles. The van der Waals surface area contributed by atoms with Gasteiger partial charge in [-0.15, -0.1) is 0 Å². The van der Waals surface area contributed by atoms with Crippen molar-refractivity contribution in [2.24, 2.45) is 5.92 Å². The van der Waals surface area contributed by atoms with Crippen LogP contribution in [0, 0.1) is 5.92 Å². The molecule has 8 heteroatoms. The predicted molar refractivity (Wildman–Crippen MR) is 112 cm³/mol. The lowest BCUT2D eigenvalue weighted by Gasteiger charge is -2.34. The molecule has 2 aromatic carbocycles. The predicted octanol–water partition coefficient (Wildman–Crippen LogP) is 5.13. The van der Waals surface area contributed by atoms with Gasteiger partial charge < -0.3 is 16.0 Å². The lowest BCUT2D eigenvalue weighted by molar-refractivity contribution is -0.137. The number of nitrogens with one attached hydrogen (secondary N) is 3. The number of carbonyl (C=O) groups excluding carboxylic acids is 2. The Morgan fingerprint density at radius 1 is 1.03 bits per heavy atom. The van der Waals surface area contributed by atoms with E-state index in [4.69, 9.17) is 0 Å². The molecule has 3 N–H and O–H groups in total. The van der Waals surface area contributed by atoms with E-state index < -0.39 is 35.6 Å². The van der Waals surface area contributed by atoms with E-state index in [0.29, 0.717) is 5.56 Å². The molecule has 1 aliphatic rings. The Balaban J connectivity index is 1.89. The Labute approximate surface area is 178 Å². The molecule has 3 amide bonds. The van der Waals surface area contributed by atoms with Gasteiger partial charge in [-0.05, 0) is 34.7 Å². The van der Waals surface area contributed by atoms with Crippen molar-refractivity contribution in [1.82, 2.24) is 10.6 Å². The third-order valence-electron chi connectivity index (χ3n) is 5.15. The van der Waals surface area contributed by atoms with Crippen molar-refractivity contribution in [3.8, 4) is 0 Å². The first-order valence-corrected chi connectivity index (χ1v) is 9.71. The highest BCUT2D eigenvalue weighted by molar-refractivity contribution is 5.97. The average molecular weight is 431 g/mol. The van der Waals surface area contributed by atoms with Crippen LogP contribution in [0.2, 0.25) is 0 Å². The summed E-state index contributed by atoms with van der Waals surface area (Å²) in [4.78, 5) is 25.0. The Kier molecular flexibility index (Phi) is 5.85. The van der Waals surface area contributed by atoms with Gasteiger partial charge in [0.05, 0.1) is 11.6 Å². The maximum absolute atomic E-state index is 13.0. The van der Waals surface area contributed by atoms with Gasteiger partial charge >= 0.3 is 12.2 Å². The SMILES string of the molecule is C=C1NC(=O)N[C@@H](c2ccc(C(C)(C)C)cc2)[C@@H]1C(=O)Nc1cccc(C(F)(F)F)c1. The molecule has 31 heavy (non-hydrogen) atoms. The van der Waals surface area contributed by atoms with Crippen LogP contribution in [0.25, 0.3) is 0 Å². The van der Waals surface area contributed by atoms with Crippen molar-refractivity contribution in [2.45, 2.75) is 38.4 Å². The van der Waals surface area contributed by atoms with Crippen LogP contribution >= 0.6 is 0 Å². The molecule has 0 bridgehead atoms. The normalized spacial score (nSPS) is 19.4. The van der Waals surface area contributed by atoms with Crippen LogP contribution in [-0.2, 0) is 16.4 Å². The molecule has 164 valence electrons. The second-order valence-electron chi connectivity index (χ2n) is 8.52. The number of carbonyl (C=O) groups is 2. The van der Waals surface area contributed by atoms with Crippen LogP contribution in [0.3, 0.4) is 0 Å². The summed E-state index contributed by atoms with van der Waals surface area (Å²) in [6, 6.07) is 10.7. The van der Waals surface area contributed by atoms with E-state index in [1.807, 2.05) is 24.3 Å². The number of hydrogen-bond donors (Lipinski definition) is 3. The summed E-state index contributed by atoms with van der Waals surface area (Å²) in [5.74, 6) is -1.51. The van der Waals surface area contributed by atoms with Gasteiger partial charge in [0, 0.05) is 11.4 Å². The first kappa shape index (κ1) is 22.4. The monoisotopic (exact) mass is 431 g/mol. The number of anilines is 1. The van der Waals surface area contributed by atoms with Crippen molar-refractivity contribution in [3.05, 3.63) is 77.5 Å². The van der Waals surface area contributed by atoms with Gasteiger partial charge in [-0.25, -0.2) is 4.79 Å². The molecule has 3 rings (SSSR count). The molecule has 5 nitrogen and oxygen atoms in total. The summed E-state index contributed by atoms with van der Waals surface area (Å²) in [6.45, 7) is 10.00. The Morgan fingerprint density at radius 3 is 2.26 bits per heavy atom. The third-order valence-corrected chi connectivity index (χ3v) is 5.15. The first-order valence-electron chi connectivity index (χ1n) is 9.71. The average Bonchev–Trinajstić information content (AvgIpc) is 2.66. The third kappa shape index (κ3) is 5.07. The topological polar surface area (TPSA) is 70.2 Å². The molecule has 2 aromatic rings. The van der Waals surface area contributed by atoms with Crippen molar-refractivity contribution in [2.75, 3.05) is 5.32 Å². The zero-order chi connectivity index (χ0) is 23.0. The van der Waals surface area contributed by atoms with Crippen LogP contribution in [0.4, 0.5) is 23.7 Å². The minimum absolute atomic E-state index is 0.00588. The lowest BCUT2D eigenvalue weighted by Crippen LogP contribution is -2.51. The van der Waals surface area contributed by atoms with Gasteiger partial charge in [-0.1, -0.05) is 57.7 Å². The molecule has 0 spiro atoms. The van der Waals surface area contributed by atoms with Gasteiger partial charge in [0.1, 0.15) is 5.92 Å². The summed E-state index contributed by atoms with van der Waals surface area (Å²) >= 11 is 0. The number of benzene rings is 2. The molecule has 0 radical (unpaired) electrons. The Bertz CT molecular complexity index is 1010. The van der Waals surface area contributed by atoms with E-state index >= 15 is 0 Å². The molecular formula is C23H24F3N3O2. The van der Waals surface area contributed by atoms with Crippen LogP contribution in [-0.4, -0.2) is 11.9 Å². The summed E-state index contributed by atoms with van der Waals surface area (Å²) < 4.78 is 38.9. The standard InChI is InChI=1S/C23H24F3N3O2/c1-13-18(20(30)28-17-7-5-6-16(12-17)23(24,25)26)19(29-21(31)27-13)14-8-10-15(11-9-14)22(2,3)4/h5-12,18-19H,1H2,2-4H3,(H,28,30)(H2,27,29,31)/t18-,19+/m1/s1. The maximum atomic E-state index is 13.0. The second-order valence-corrected chi connectivity index (χ2v) is 8.52. The molecule has 0 unspecified atom stereocenters. The molecule has 1 aliphatic heterocycles. The fraction of sp³-hybridized carbons (Fsp3) is 0.304. The number of hydrogen-bond acceptors (Lipinski definition) is 2. The van der Waals surface area contributed by atoms with Gasteiger partial charge in [-0.2, -0.15) is 13.2 Å². The number of amides is 3. The highest BCUT2D eigenvalue weighted by Gasteiger charge is 2.38. The van der Waals surface area contributed by atoms with Crippen LogP contribution in [0.1, 0.15) is 43.5 Å². The summed E-state index contributed by atoms with van der Waals surface area (Å²) in [5, 5.41) is 7.72. The minimum Gasteiger partial charge on any atom is -0.330 e. The van der Waals surface area contributed by atoms with E-state index in [-0.39, 0.29) is 16.8 Å². The lowest BCUT2D eigenvalue weighted by atomic mass is 9.84. The largest absolute Gasteiger partial charge is 0.416 e. The smallest absolute Gasteiger partial charge is 0.330 e. The fourth-order valence-corrected chi connectivity index (χ4v) is 3.45. The van der Waals surface area contributed by atoms with Gasteiger partial charge in [0.2, 0.25) is 5.91 Å². The second kappa shape index (κ2) is 8.09. The van der Waals surface area contributed by atoms with Gasteiger partial charge in [0.15, 0.2) is 0 Å². The molecule has 0 saturated carbocycles. The Hall–Kier alpha value is -3.29. The maximum Gasteiger partial charge on any atom is 0.416 e. The zero-order valence-electron chi connectivity index (χ0n) is 17.4. The molecule has 1 saturated heterocycles. The van der Waals surface area contributed by atoms with Crippen molar-refractivity contribution < 1.29 is 22.8 Å². The summed E-state index contributed by atoms with van der Waals surface area (Å²) in [7, 11) is 0. The summed E-state index contributed by atoms with van der Waals surface area (Å²) in [5.41, 5.74) is 1.01. The van der Waals surface area contributed by atoms with E-state index in [1.165, 1.54) is 12.1 Å².